The summed E-state index contributed by atoms with van der Waals surface area (Å²) < 4.78 is 25.0. The minimum Gasteiger partial charge on any atom is -0.377 e. The van der Waals surface area contributed by atoms with Crippen LogP contribution in [0.5, 0.6) is 0 Å². The van der Waals surface area contributed by atoms with E-state index in [-0.39, 0.29) is 0 Å². The van der Waals surface area contributed by atoms with Gasteiger partial charge in [-0.2, -0.15) is 0 Å². The van der Waals surface area contributed by atoms with Gasteiger partial charge >= 0.3 is 6.55 Å². The summed E-state index contributed by atoms with van der Waals surface area (Å²) in [5.74, 6) is 0. The van der Waals surface area contributed by atoms with Crippen LogP contribution in [0.15, 0.2) is 24.5 Å². The lowest BCUT2D eigenvalue weighted by atomic mass is 10.4. The summed E-state index contributed by atoms with van der Waals surface area (Å²) in [5, 5.41) is 0. The van der Waals surface area contributed by atoms with E-state index in [2.05, 4.69) is 0 Å². The Morgan fingerprint density at radius 2 is 1.75 bits per heavy atom. The molecule has 66 valence electrons. The van der Waals surface area contributed by atoms with Crippen molar-refractivity contribution in [2.24, 2.45) is 0 Å². The maximum Gasteiger partial charge on any atom is 0.451 e. The van der Waals surface area contributed by atoms with E-state index in [0.29, 0.717) is 0 Å². The zero-order valence-electron chi connectivity index (χ0n) is 7.04. The molecule has 0 radical (unpaired) electrons. The van der Waals surface area contributed by atoms with Crippen LogP contribution in [0, 0.1) is 0 Å². The molecule has 0 aliphatic carbocycles. The van der Waals surface area contributed by atoms with Crippen LogP contribution in [-0.2, 0) is 0 Å². The van der Waals surface area contributed by atoms with Crippen molar-refractivity contribution < 1.29 is 13.3 Å². The van der Waals surface area contributed by atoms with E-state index >= 15 is 0 Å². The highest BCUT2D eigenvalue weighted by Gasteiger charge is 2.12. The zero-order chi connectivity index (χ0) is 9.14. The SMILES string of the molecule is CN(C)c1cc[n+](C(F)F)cc1. The summed E-state index contributed by atoms with van der Waals surface area (Å²) in [7, 11) is 3.73. The van der Waals surface area contributed by atoms with Crippen LogP contribution in [-0.4, -0.2) is 14.1 Å². The highest BCUT2D eigenvalue weighted by atomic mass is 19.3. The summed E-state index contributed by atoms with van der Waals surface area (Å²) in [5.41, 5.74) is 0.909. The molecule has 0 aliphatic heterocycles. The zero-order valence-corrected chi connectivity index (χ0v) is 7.04. The third-order valence-electron chi connectivity index (χ3n) is 1.58. The lowest BCUT2D eigenvalue weighted by Crippen LogP contribution is -2.33. The molecule has 1 heterocycles. The molecule has 0 bridgehead atoms. The number of hydrogen-bond acceptors (Lipinski definition) is 1. The third-order valence-corrected chi connectivity index (χ3v) is 1.58. The maximum atomic E-state index is 12.0. The minimum absolute atomic E-state index is 0.854. The Morgan fingerprint density at radius 1 is 1.25 bits per heavy atom. The quantitative estimate of drug-likeness (QED) is 0.614. The van der Waals surface area contributed by atoms with Gasteiger partial charge in [-0.25, -0.2) is 0 Å². The Morgan fingerprint density at radius 3 is 2.08 bits per heavy atom. The molecule has 0 unspecified atom stereocenters. The third kappa shape index (κ3) is 1.90. The van der Waals surface area contributed by atoms with E-state index in [0.717, 1.165) is 10.3 Å². The fourth-order valence-corrected chi connectivity index (χ4v) is 0.858. The molecular formula is C8H11F2N2+. The van der Waals surface area contributed by atoms with Crippen molar-refractivity contribution >= 4 is 5.69 Å². The molecule has 0 saturated heterocycles. The summed E-state index contributed by atoms with van der Waals surface area (Å²) in [6.07, 6.45) is 2.72. The molecule has 1 aromatic heterocycles. The number of anilines is 1. The monoisotopic (exact) mass is 173 g/mol. The Labute approximate surface area is 70.0 Å². The van der Waals surface area contributed by atoms with Gasteiger partial charge in [-0.15, -0.1) is 13.3 Å². The molecule has 0 amide bonds. The van der Waals surface area contributed by atoms with Crippen LogP contribution in [0.3, 0.4) is 0 Å². The van der Waals surface area contributed by atoms with Gasteiger partial charge in [0.15, 0.2) is 12.4 Å². The molecule has 4 heteroatoms. The van der Waals surface area contributed by atoms with Gasteiger partial charge in [0.1, 0.15) is 0 Å². The van der Waals surface area contributed by atoms with E-state index in [1.165, 1.54) is 12.4 Å². The van der Waals surface area contributed by atoms with Crippen molar-refractivity contribution in [3.63, 3.8) is 0 Å². The number of alkyl halides is 2. The maximum absolute atomic E-state index is 12.0. The van der Waals surface area contributed by atoms with Gasteiger partial charge in [-0.05, 0) is 0 Å². The van der Waals surface area contributed by atoms with Gasteiger partial charge in [-0.3, -0.25) is 0 Å². The highest BCUT2D eigenvalue weighted by Crippen LogP contribution is 2.07. The van der Waals surface area contributed by atoms with Gasteiger partial charge < -0.3 is 4.90 Å². The first-order chi connectivity index (χ1) is 5.61. The van der Waals surface area contributed by atoms with Crippen molar-refractivity contribution in [1.29, 1.82) is 0 Å². The number of pyridine rings is 1. The Balaban J connectivity index is 2.86. The Hall–Kier alpha value is -1.19. The molecule has 0 aromatic carbocycles. The number of halogens is 2. The smallest absolute Gasteiger partial charge is 0.377 e. The van der Waals surface area contributed by atoms with Crippen molar-refractivity contribution in [3.8, 4) is 0 Å². The predicted molar refractivity (Wildman–Crippen MR) is 42.2 cm³/mol. The fourth-order valence-electron chi connectivity index (χ4n) is 0.858. The molecule has 12 heavy (non-hydrogen) atoms. The van der Waals surface area contributed by atoms with Crippen LogP contribution in [0.4, 0.5) is 14.5 Å². The molecule has 0 fully saturated rings. The van der Waals surface area contributed by atoms with Crippen LogP contribution >= 0.6 is 0 Å². The van der Waals surface area contributed by atoms with E-state index < -0.39 is 6.55 Å². The molecule has 0 N–H and O–H groups in total. The van der Waals surface area contributed by atoms with Crippen LogP contribution in [0.25, 0.3) is 0 Å². The Bertz CT molecular complexity index is 217. The lowest BCUT2D eigenvalue weighted by molar-refractivity contribution is -0.773. The second-order valence-corrected chi connectivity index (χ2v) is 2.68. The topological polar surface area (TPSA) is 7.12 Å². The van der Waals surface area contributed by atoms with Crippen molar-refractivity contribution in [3.05, 3.63) is 24.5 Å². The predicted octanol–water partition coefficient (Wildman–Crippen LogP) is 1.44. The van der Waals surface area contributed by atoms with Crippen molar-refractivity contribution in [2.45, 2.75) is 6.55 Å². The molecule has 1 aromatic rings. The normalized spacial score (nSPS) is 10.4. The van der Waals surface area contributed by atoms with Gasteiger partial charge in [0.05, 0.1) is 0 Å². The highest BCUT2D eigenvalue weighted by molar-refractivity contribution is 5.41. The lowest BCUT2D eigenvalue weighted by Gasteiger charge is -2.09. The first-order valence-corrected chi connectivity index (χ1v) is 3.57. The second-order valence-electron chi connectivity index (χ2n) is 2.68. The number of rotatable bonds is 2. The van der Waals surface area contributed by atoms with Crippen LogP contribution in [0.1, 0.15) is 6.55 Å². The molecule has 0 aliphatic rings. The number of hydrogen-bond donors (Lipinski definition) is 0. The van der Waals surface area contributed by atoms with Crippen LogP contribution < -0.4 is 9.47 Å². The van der Waals surface area contributed by atoms with Crippen molar-refractivity contribution in [1.82, 2.24) is 0 Å². The molecule has 0 spiro atoms. The minimum atomic E-state index is -2.46. The standard InChI is InChI=1S/C8H11F2N2/c1-11(2)7-3-5-12(6-4-7)8(9)10/h3-6,8H,1-2H3/q+1. The molecular weight excluding hydrogens is 162 g/mol. The van der Waals surface area contributed by atoms with E-state index in [9.17, 15) is 8.78 Å². The van der Waals surface area contributed by atoms with Gasteiger partial charge in [0, 0.05) is 31.9 Å². The van der Waals surface area contributed by atoms with Gasteiger partial charge in [-0.1, -0.05) is 0 Å². The molecule has 2 nitrogen and oxygen atoms in total. The average molecular weight is 173 g/mol. The van der Waals surface area contributed by atoms with E-state index in [4.69, 9.17) is 0 Å². The number of nitrogens with zero attached hydrogens (tertiary/aromatic N) is 2. The number of aromatic nitrogens is 1. The molecule has 0 saturated carbocycles. The molecule has 1 rings (SSSR count). The first-order valence-electron chi connectivity index (χ1n) is 3.57. The van der Waals surface area contributed by atoms with Crippen LogP contribution in [0.2, 0.25) is 0 Å². The van der Waals surface area contributed by atoms with E-state index in [1.807, 2.05) is 19.0 Å². The molecule has 0 atom stereocenters. The average Bonchev–Trinajstić information content (AvgIpc) is 2.04. The van der Waals surface area contributed by atoms with E-state index in [1.54, 1.807) is 12.1 Å². The summed E-state index contributed by atoms with van der Waals surface area (Å²) in [4.78, 5) is 1.86. The van der Waals surface area contributed by atoms with Gasteiger partial charge in [0.25, 0.3) is 0 Å². The summed E-state index contributed by atoms with van der Waals surface area (Å²) >= 11 is 0. The van der Waals surface area contributed by atoms with Crippen molar-refractivity contribution in [2.75, 3.05) is 19.0 Å². The summed E-state index contributed by atoms with van der Waals surface area (Å²) in [6, 6.07) is 3.29. The second kappa shape index (κ2) is 3.47. The fraction of sp³-hybridized carbons (Fsp3) is 0.375. The van der Waals surface area contributed by atoms with Gasteiger partial charge in [0.2, 0.25) is 0 Å². The Kier molecular flexibility index (Phi) is 2.58. The first kappa shape index (κ1) is 8.90. The largest absolute Gasteiger partial charge is 0.451 e. The summed E-state index contributed by atoms with van der Waals surface area (Å²) in [6.45, 7) is -2.46.